The summed E-state index contributed by atoms with van der Waals surface area (Å²) in [6, 6.07) is 6.36. The van der Waals surface area contributed by atoms with Gasteiger partial charge in [0, 0.05) is 23.5 Å². The average molecular weight is 254 g/mol. The summed E-state index contributed by atoms with van der Waals surface area (Å²) in [5.41, 5.74) is 7.23. The third-order valence-corrected chi connectivity index (χ3v) is 2.62. The van der Waals surface area contributed by atoms with Crippen LogP contribution in [0.5, 0.6) is 0 Å². The molecule has 0 saturated heterocycles. The van der Waals surface area contributed by atoms with E-state index in [0.29, 0.717) is 0 Å². The van der Waals surface area contributed by atoms with Crippen LogP contribution in [0.1, 0.15) is 5.56 Å². The minimum Gasteiger partial charge on any atom is -0.402 e. The highest BCUT2D eigenvalue weighted by Gasteiger charge is 2.20. The second-order valence-electron chi connectivity index (χ2n) is 3.87. The fourth-order valence-corrected chi connectivity index (χ4v) is 1.80. The van der Waals surface area contributed by atoms with E-state index in [4.69, 9.17) is 5.73 Å². The minimum atomic E-state index is -3.13. The second-order valence-corrected chi connectivity index (χ2v) is 3.87. The molecule has 0 amide bonds. The quantitative estimate of drug-likeness (QED) is 0.817. The number of alkyl halides is 2. The monoisotopic (exact) mass is 254 g/mol. The van der Waals surface area contributed by atoms with Gasteiger partial charge in [0.2, 0.25) is 0 Å². The van der Waals surface area contributed by atoms with Gasteiger partial charge < -0.3 is 15.5 Å². The summed E-state index contributed by atoms with van der Waals surface area (Å²) in [6.07, 6.45) is 1.86. The lowest BCUT2D eigenvalue weighted by atomic mass is 10.1. The maximum absolute atomic E-state index is 11.9. The molecule has 1 heterocycles. The van der Waals surface area contributed by atoms with Crippen molar-refractivity contribution in [3.05, 3.63) is 36.0 Å². The number of ether oxygens (including phenoxy) is 1. The number of nitrogens with one attached hydrogen (secondary N) is 1. The first-order valence-corrected chi connectivity index (χ1v) is 5.37. The normalized spacial score (nSPS) is 12.9. The van der Waals surface area contributed by atoms with E-state index in [1.807, 2.05) is 24.3 Å². The zero-order valence-electron chi connectivity index (χ0n) is 9.40. The van der Waals surface area contributed by atoms with Gasteiger partial charge in [0.15, 0.2) is 0 Å². The van der Waals surface area contributed by atoms with E-state index in [9.17, 15) is 13.6 Å². The Morgan fingerprint density at radius 2 is 2.11 bits per heavy atom. The molecule has 2 rings (SSSR count). The number of halogens is 2. The molecule has 2 aromatic rings. The molecular formula is C12H12F2N2O2. The zero-order chi connectivity index (χ0) is 13.1. The van der Waals surface area contributed by atoms with Crippen molar-refractivity contribution in [3.63, 3.8) is 0 Å². The Bertz CT molecular complexity index is 554. The maximum atomic E-state index is 11.9. The smallest absolute Gasteiger partial charge is 0.389 e. The van der Waals surface area contributed by atoms with Gasteiger partial charge in [-0.1, -0.05) is 18.2 Å². The van der Waals surface area contributed by atoms with Gasteiger partial charge >= 0.3 is 12.6 Å². The van der Waals surface area contributed by atoms with Crippen molar-refractivity contribution in [3.8, 4) is 0 Å². The Kier molecular flexibility index (Phi) is 3.57. The Labute approximate surface area is 102 Å². The highest BCUT2D eigenvalue weighted by atomic mass is 19.3. The van der Waals surface area contributed by atoms with E-state index < -0.39 is 18.6 Å². The molecule has 1 aromatic carbocycles. The molecule has 1 aromatic heterocycles. The minimum absolute atomic E-state index is 0.148. The Hall–Kier alpha value is -1.95. The largest absolute Gasteiger partial charge is 0.402 e. The first-order chi connectivity index (χ1) is 8.58. The molecule has 4 nitrogen and oxygen atoms in total. The van der Waals surface area contributed by atoms with Crippen molar-refractivity contribution in [2.45, 2.75) is 19.1 Å². The predicted molar refractivity (Wildman–Crippen MR) is 62.1 cm³/mol. The number of aromatic nitrogens is 1. The van der Waals surface area contributed by atoms with Crippen LogP contribution in [0.25, 0.3) is 10.9 Å². The van der Waals surface area contributed by atoms with Crippen LogP contribution in [0.4, 0.5) is 8.78 Å². The van der Waals surface area contributed by atoms with Crippen LogP contribution in [0.15, 0.2) is 30.5 Å². The average Bonchev–Trinajstić information content (AvgIpc) is 2.72. The molecule has 18 heavy (non-hydrogen) atoms. The Balaban J connectivity index is 2.11. The summed E-state index contributed by atoms with van der Waals surface area (Å²) < 4.78 is 27.5. The number of carbonyl (C=O) groups excluding carboxylic acids is 1. The topological polar surface area (TPSA) is 68.1 Å². The van der Waals surface area contributed by atoms with E-state index in [2.05, 4.69) is 9.72 Å². The fraction of sp³-hybridized carbons (Fsp3) is 0.250. The van der Waals surface area contributed by atoms with Crippen molar-refractivity contribution in [1.29, 1.82) is 0 Å². The number of benzene rings is 1. The first-order valence-electron chi connectivity index (χ1n) is 5.37. The summed E-state index contributed by atoms with van der Waals surface area (Å²) in [5.74, 6) is -1.10. The van der Waals surface area contributed by atoms with Crippen LogP contribution in [-0.2, 0) is 16.0 Å². The summed E-state index contributed by atoms with van der Waals surface area (Å²) in [4.78, 5) is 14.2. The van der Waals surface area contributed by atoms with Gasteiger partial charge in [-0.2, -0.15) is 8.78 Å². The third-order valence-electron chi connectivity index (χ3n) is 2.62. The van der Waals surface area contributed by atoms with Crippen molar-refractivity contribution >= 4 is 16.9 Å². The summed E-state index contributed by atoms with van der Waals surface area (Å²) >= 11 is 0. The first kappa shape index (κ1) is 12.5. The van der Waals surface area contributed by atoms with Gasteiger partial charge in [-0.3, -0.25) is 4.79 Å². The number of esters is 1. The number of aromatic amines is 1. The maximum Gasteiger partial charge on any atom is 0.389 e. The molecular weight excluding hydrogens is 242 g/mol. The number of carbonyl (C=O) groups is 1. The van der Waals surface area contributed by atoms with Crippen LogP contribution < -0.4 is 5.73 Å². The van der Waals surface area contributed by atoms with Crippen molar-refractivity contribution in [2.24, 2.45) is 5.73 Å². The van der Waals surface area contributed by atoms with Crippen LogP contribution in [-0.4, -0.2) is 23.6 Å². The Morgan fingerprint density at radius 3 is 2.83 bits per heavy atom. The molecule has 6 heteroatoms. The Morgan fingerprint density at radius 1 is 1.39 bits per heavy atom. The summed E-state index contributed by atoms with van der Waals surface area (Å²) in [5, 5.41) is 0.915. The van der Waals surface area contributed by atoms with E-state index in [0.717, 1.165) is 16.5 Å². The molecule has 0 aliphatic heterocycles. The van der Waals surface area contributed by atoms with Gasteiger partial charge in [-0.05, 0) is 11.6 Å². The molecule has 96 valence electrons. The van der Waals surface area contributed by atoms with Crippen molar-refractivity contribution < 1.29 is 18.3 Å². The highest BCUT2D eigenvalue weighted by molar-refractivity contribution is 5.84. The number of rotatable bonds is 4. The lowest BCUT2D eigenvalue weighted by molar-refractivity contribution is -0.177. The lowest BCUT2D eigenvalue weighted by Gasteiger charge is -2.10. The second kappa shape index (κ2) is 5.14. The number of para-hydroxylation sites is 1. The highest BCUT2D eigenvalue weighted by Crippen LogP contribution is 2.19. The number of H-pyrrole nitrogens is 1. The molecule has 0 bridgehead atoms. The SMILES string of the molecule is N[C@@H](Cc1c[nH]c2ccccc12)C(=O)OC(F)F. The molecule has 0 fully saturated rings. The number of hydrogen-bond acceptors (Lipinski definition) is 3. The van der Waals surface area contributed by atoms with Gasteiger partial charge in [0.1, 0.15) is 6.04 Å². The van der Waals surface area contributed by atoms with Gasteiger partial charge in [0.05, 0.1) is 0 Å². The van der Waals surface area contributed by atoms with Crippen molar-refractivity contribution in [1.82, 2.24) is 4.98 Å². The van der Waals surface area contributed by atoms with Crippen LogP contribution >= 0.6 is 0 Å². The van der Waals surface area contributed by atoms with Crippen LogP contribution in [0.2, 0.25) is 0 Å². The number of nitrogens with two attached hydrogens (primary N) is 1. The molecule has 0 unspecified atom stereocenters. The predicted octanol–water partition coefficient (Wildman–Crippen LogP) is 1.80. The molecule has 0 aliphatic carbocycles. The number of fused-ring (bicyclic) bond motifs is 1. The molecule has 0 radical (unpaired) electrons. The standard InChI is InChI=1S/C12H12F2N2O2/c13-12(14)18-11(17)9(15)5-7-6-16-10-4-2-1-3-8(7)10/h1-4,6,9,12,16H,5,15H2/t9-/m0/s1. The van der Waals surface area contributed by atoms with Gasteiger partial charge in [-0.15, -0.1) is 0 Å². The van der Waals surface area contributed by atoms with E-state index in [-0.39, 0.29) is 6.42 Å². The lowest BCUT2D eigenvalue weighted by Crippen LogP contribution is -2.35. The van der Waals surface area contributed by atoms with Gasteiger partial charge in [-0.25, -0.2) is 0 Å². The molecule has 3 N–H and O–H groups in total. The van der Waals surface area contributed by atoms with E-state index in [1.54, 1.807) is 6.20 Å². The molecule has 0 spiro atoms. The molecule has 0 aliphatic rings. The van der Waals surface area contributed by atoms with Crippen molar-refractivity contribution in [2.75, 3.05) is 0 Å². The fourth-order valence-electron chi connectivity index (χ4n) is 1.80. The molecule has 0 saturated carbocycles. The number of hydrogen-bond donors (Lipinski definition) is 2. The van der Waals surface area contributed by atoms with Crippen LogP contribution in [0.3, 0.4) is 0 Å². The summed E-state index contributed by atoms with van der Waals surface area (Å²) in [6.45, 7) is -3.13. The third kappa shape index (κ3) is 2.65. The van der Waals surface area contributed by atoms with Gasteiger partial charge in [0.25, 0.3) is 0 Å². The van der Waals surface area contributed by atoms with E-state index >= 15 is 0 Å². The van der Waals surface area contributed by atoms with Crippen LogP contribution in [0, 0.1) is 0 Å². The summed E-state index contributed by atoms with van der Waals surface area (Å²) in [7, 11) is 0. The zero-order valence-corrected chi connectivity index (χ0v) is 9.40. The molecule has 1 atom stereocenters. The van der Waals surface area contributed by atoms with E-state index in [1.165, 1.54) is 0 Å².